The van der Waals surface area contributed by atoms with E-state index >= 15 is 0 Å². The Morgan fingerprint density at radius 3 is 1.37 bits per heavy atom. The van der Waals surface area contributed by atoms with Crippen LogP contribution < -0.4 is 0 Å². The minimum Gasteiger partial charge on any atom is -0.477 e. The predicted molar refractivity (Wildman–Crippen MR) is 248 cm³/mol. The molecule has 0 bridgehead atoms. The van der Waals surface area contributed by atoms with Crippen molar-refractivity contribution in [3.63, 3.8) is 0 Å². The Morgan fingerprint density at radius 1 is 0.508 bits per heavy atom. The molecule has 0 aliphatic rings. The lowest BCUT2D eigenvalue weighted by Crippen LogP contribution is -2.50. The van der Waals surface area contributed by atoms with Crippen molar-refractivity contribution in [2.75, 3.05) is 41.0 Å². The van der Waals surface area contributed by atoms with Crippen molar-refractivity contribution in [1.82, 2.24) is 0 Å². The summed E-state index contributed by atoms with van der Waals surface area (Å²) in [5, 5.41) is 9.63. The molecule has 0 amide bonds. The Morgan fingerprint density at radius 2 is 0.915 bits per heavy atom. The topological polar surface area (TPSA) is 99.1 Å². The lowest BCUT2D eigenvalue weighted by Gasteiger charge is -2.31. The van der Waals surface area contributed by atoms with Crippen LogP contribution in [0.5, 0.6) is 0 Å². The van der Waals surface area contributed by atoms with Gasteiger partial charge in [-0.15, -0.1) is 0 Å². The second-order valence-electron chi connectivity index (χ2n) is 17.7. The molecule has 8 nitrogen and oxygen atoms in total. The first-order valence-corrected chi connectivity index (χ1v) is 24.5. The second-order valence-corrected chi connectivity index (χ2v) is 17.7. The van der Waals surface area contributed by atoms with Crippen molar-refractivity contribution in [2.45, 2.75) is 231 Å². The van der Waals surface area contributed by atoms with Gasteiger partial charge in [-0.3, -0.25) is 9.59 Å². The van der Waals surface area contributed by atoms with E-state index in [0.717, 1.165) is 64.2 Å². The van der Waals surface area contributed by atoms with Gasteiger partial charge in [0.05, 0.1) is 34.4 Å². The number of likely N-dealkylation sites (N-methyl/N-ethyl adjacent to an activating group) is 1. The van der Waals surface area contributed by atoms with Crippen molar-refractivity contribution in [3.05, 3.63) is 36.5 Å². The zero-order valence-electron chi connectivity index (χ0n) is 39.2. The number of ether oxygens (including phenoxy) is 3. The van der Waals surface area contributed by atoms with E-state index < -0.39 is 18.1 Å². The molecule has 59 heavy (non-hydrogen) atoms. The number of carboxylic acids is 1. The molecule has 0 heterocycles. The third kappa shape index (κ3) is 40.7. The lowest BCUT2D eigenvalue weighted by molar-refractivity contribution is -0.887. The van der Waals surface area contributed by atoms with E-state index in [1.165, 1.54) is 122 Å². The maximum absolute atomic E-state index is 12.7. The summed E-state index contributed by atoms with van der Waals surface area (Å²) >= 11 is 0. The van der Waals surface area contributed by atoms with Gasteiger partial charge in [-0.25, -0.2) is 4.79 Å². The van der Waals surface area contributed by atoms with Crippen LogP contribution >= 0.6 is 0 Å². The molecule has 1 N–H and O–H groups in total. The molecule has 0 rings (SSSR count). The Balaban J connectivity index is 4.24. The molecule has 0 radical (unpaired) electrons. The molecule has 0 fully saturated rings. The number of quaternary nitrogens is 1. The quantitative estimate of drug-likeness (QED) is 0.0282. The minimum absolute atomic E-state index is 0.0562. The second kappa shape index (κ2) is 42.2. The van der Waals surface area contributed by atoms with E-state index in [9.17, 15) is 19.5 Å². The zero-order chi connectivity index (χ0) is 43.5. The summed E-state index contributed by atoms with van der Waals surface area (Å²) in [6.45, 7) is 4.70. The van der Waals surface area contributed by atoms with Crippen molar-refractivity contribution < 1.29 is 38.2 Å². The van der Waals surface area contributed by atoms with Crippen molar-refractivity contribution in [3.8, 4) is 0 Å². The normalized spacial score (nSPS) is 13.2. The molecule has 0 saturated heterocycles. The Kier molecular flexibility index (Phi) is 40.5. The molecule has 0 aromatic rings. The maximum atomic E-state index is 12.7. The number of carbonyl (C=O) groups excluding carboxylic acids is 2. The number of carboxylic acid groups (broad SMARTS) is 1. The van der Waals surface area contributed by atoms with Crippen LogP contribution in [-0.2, 0) is 28.6 Å². The molecule has 2 unspecified atom stereocenters. The van der Waals surface area contributed by atoms with Gasteiger partial charge >= 0.3 is 17.9 Å². The fraction of sp³-hybridized carbons (Fsp3) is 0.824. The first kappa shape index (κ1) is 56.5. The minimum atomic E-state index is -0.877. The Hall–Kier alpha value is -2.45. The molecule has 0 aliphatic heterocycles. The molecule has 344 valence electrons. The van der Waals surface area contributed by atoms with Crippen LogP contribution in [0.2, 0.25) is 0 Å². The van der Waals surface area contributed by atoms with Gasteiger partial charge in [-0.2, -0.15) is 0 Å². The van der Waals surface area contributed by atoms with Crippen LogP contribution in [0, 0.1) is 0 Å². The van der Waals surface area contributed by atoms with Gasteiger partial charge in [0.2, 0.25) is 0 Å². The highest BCUT2D eigenvalue weighted by Crippen LogP contribution is 2.15. The van der Waals surface area contributed by atoms with Gasteiger partial charge in [0, 0.05) is 19.3 Å². The maximum Gasteiger partial charge on any atom is 0.362 e. The van der Waals surface area contributed by atoms with Crippen LogP contribution in [0.1, 0.15) is 219 Å². The number of rotatable bonds is 44. The molecule has 0 aliphatic carbocycles. The molecular formula is C51H94NO7+. The largest absolute Gasteiger partial charge is 0.477 e. The third-order valence-electron chi connectivity index (χ3n) is 11.0. The number of carbonyl (C=O) groups is 3. The molecule has 8 heteroatoms. The van der Waals surface area contributed by atoms with E-state index in [0.29, 0.717) is 19.3 Å². The number of esters is 2. The average Bonchev–Trinajstić information content (AvgIpc) is 3.19. The summed E-state index contributed by atoms with van der Waals surface area (Å²) in [5.74, 6) is -1.48. The SMILES string of the molecule is CCCC/C=C\C/C=C\CCCCCCCC(=O)OC(COCCC(C(=O)O)[N+](C)(C)C)COC(=O)CCCCCCCCCCC/C=C\CCCCCCCCCC. The summed E-state index contributed by atoms with van der Waals surface area (Å²) in [7, 11) is 5.53. The predicted octanol–water partition coefficient (Wildman–Crippen LogP) is 13.8. The smallest absolute Gasteiger partial charge is 0.362 e. The first-order chi connectivity index (χ1) is 28.6. The molecule has 0 aromatic carbocycles. The highest BCUT2D eigenvalue weighted by molar-refractivity contribution is 5.72. The number of allylic oxidation sites excluding steroid dienone is 6. The van der Waals surface area contributed by atoms with Gasteiger partial charge in [0.25, 0.3) is 0 Å². The van der Waals surface area contributed by atoms with Gasteiger partial charge in [-0.1, -0.05) is 172 Å². The van der Waals surface area contributed by atoms with Crippen LogP contribution in [0.3, 0.4) is 0 Å². The van der Waals surface area contributed by atoms with Crippen LogP contribution in [-0.4, -0.2) is 80.6 Å². The fourth-order valence-electron chi connectivity index (χ4n) is 7.16. The van der Waals surface area contributed by atoms with Gasteiger partial charge < -0.3 is 23.8 Å². The van der Waals surface area contributed by atoms with Crippen LogP contribution in [0.25, 0.3) is 0 Å². The monoisotopic (exact) mass is 833 g/mol. The fourth-order valence-corrected chi connectivity index (χ4v) is 7.16. The molecule has 0 spiro atoms. The number of nitrogens with zero attached hydrogens (tertiary/aromatic N) is 1. The zero-order valence-corrected chi connectivity index (χ0v) is 39.2. The van der Waals surface area contributed by atoms with E-state index in [2.05, 4.69) is 50.3 Å². The van der Waals surface area contributed by atoms with Gasteiger partial charge in [0.15, 0.2) is 12.1 Å². The van der Waals surface area contributed by atoms with Crippen molar-refractivity contribution in [1.29, 1.82) is 0 Å². The molecule has 2 atom stereocenters. The lowest BCUT2D eigenvalue weighted by atomic mass is 10.1. The molecular weight excluding hydrogens is 739 g/mol. The van der Waals surface area contributed by atoms with Crippen molar-refractivity contribution in [2.24, 2.45) is 0 Å². The summed E-state index contributed by atoms with van der Waals surface area (Å²) in [5.41, 5.74) is 0. The van der Waals surface area contributed by atoms with Gasteiger partial charge in [0.1, 0.15) is 6.61 Å². The number of hydrogen-bond acceptors (Lipinski definition) is 6. The highest BCUT2D eigenvalue weighted by atomic mass is 16.6. The van der Waals surface area contributed by atoms with Crippen LogP contribution in [0.15, 0.2) is 36.5 Å². The third-order valence-corrected chi connectivity index (χ3v) is 11.0. The summed E-state index contributed by atoms with van der Waals surface area (Å²) in [6.07, 6.45) is 49.0. The van der Waals surface area contributed by atoms with Crippen LogP contribution in [0.4, 0.5) is 0 Å². The number of aliphatic carboxylic acids is 1. The summed E-state index contributed by atoms with van der Waals surface area (Å²) in [6, 6.07) is -0.617. The van der Waals surface area contributed by atoms with E-state index in [4.69, 9.17) is 14.2 Å². The Labute approximate surface area is 364 Å². The molecule has 0 aromatic heterocycles. The Bertz CT molecular complexity index is 1060. The van der Waals surface area contributed by atoms with Gasteiger partial charge in [-0.05, 0) is 64.2 Å². The first-order valence-electron chi connectivity index (χ1n) is 24.5. The van der Waals surface area contributed by atoms with E-state index in [-0.39, 0.29) is 36.2 Å². The highest BCUT2D eigenvalue weighted by Gasteiger charge is 2.31. The summed E-state index contributed by atoms with van der Waals surface area (Å²) in [4.78, 5) is 37.1. The van der Waals surface area contributed by atoms with E-state index in [1.807, 2.05) is 21.1 Å². The average molecular weight is 833 g/mol. The van der Waals surface area contributed by atoms with Crippen molar-refractivity contribution >= 4 is 17.9 Å². The number of hydrogen-bond donors (Lipinski definition) is 1. The molecule has 0 saturated carbocycles. The number of unbranched alkanes of at least 4 members (excludes halogenated alkanes) is 24. The van der Waals surface area contributed by atoms with E-state index in [1.54, 1.807) is 0 Å². The standard InChI is InChI=1S/C51H93NO7/c1-6-8-10-12-14-16-18-20-22-23-24-25-26-27-28-30-31-33-35-37-39-41-49(53)58-46-47(45-57-44-43-48(51(55)56)52(3,4)5)59-50(54)42-40-38-36-34-32-29-21-19-17-15-13-11-9-7-2/h13,15,19,21,23-24,47-48H,6-12,14,16-18,20,22,25-46H2,1-5H3/p+1/b15-13-,21-19-,24-23-. The summed E-state index contributed by atoms with van der Waals surface area (Å²) < 4.78 is 17.3.